The molecule has 5 rings (SSSR count). The predicted molar refractivity (Wildman–Crippen MR) is 154 cm³/mol. The van der Waals surface area contributed by atoms with Crippen LogP contribution in [0.1, 0.15) is 47.2 Å². The molecule has 2 aliphatic rings. The van der Waals surface area contributed by atoms with Gasteiger partial charge >= 0.3 is 0 Å². The van der Waals surface area contributed by atoms with E-state index in [0.29, 0.717) is 27.9 Å². The molecule has 3 aromatic carbocycles. The zero-order valence-electron chi connectivity index (χ0n) is 22.2. The lowest BCUT2D eigenvalue weighted by Gasteiger charge is -2.33. The topological polar surface area (TPSA) is 44.8 Å². The standard InChI is InChI=1S/C31H33Cl2F2N3O2/c32-26-17-23(31(39)36-24-8-12-37(13-9-24)19-21-4-2-1-3-5-21)18-27(33)30(26)40-25-10-14-38(15-11-25)20-22-6-7-28(34)29(35)16-22/h1-7,16-18,24-25H,8-15,19-20H2,(H,36,39). The van der Waals surface area contributed by atoms with Crippen molar-refractivity contribution < 1.29 is 18.3 Å². The van der Waals surface area contributed by atoms with Crippen molar-refractivity contribution in [3.05, 3.63) is 99.0 Å². The molecule has 2 heterocycles. The Balaban J connectivity index is 1.09. The largest absolute Gasteiger partial charge is 0.487 e. The van der Waals surface area contributed by atoms with E-state index < -0.39 is 11.6 Å². The van der Waals surface area contributed by atoms with Crippen molar-refractivity contribution in [2.24, 2.45) is 0 Å². The van der Waals surface area contributed by atoms with Crippen LogP contribution in [0.3, 0.4) is 0 Å². The third-order valence-electron chi connectivity index (χ3n) is 7.64. The van der Waals surface area contributed by atoms with Crippen molar-refractivity contribution in [1.82, 2.24) is 15.1 Å². The van der Waals surface area contributed by atoms with E-state index in [9.17, 15) is 13.6 Å². The first kappa shape index (κ1) is 28.8. The summed E-state index contributed by atoms with van der Waals surface area (Å²) in [4.78, 5) is 17.6. The van der Waals surface area contributed by atoms with Gasteiger partial charge in [0.15, 0.2) is 17.4 Å². The summed E-state index contributed by atoms with van der Waals surface area (Å²) < 4.78 is 32.9. The highest BCUT2D eigenvalue weighted by Crippen LogP contribution is 2.36. The van der Waals surface area contributed by atoms with Crippen molar-refractivity contribution in [1.29, 1.82) is 0 Å². The molecule has 40 heavy (non-hydrogen) atoms. The summed E-state index contributed by atoms with van der Waals surface area (Å²) in [5.41, 5.74) is 2.44. The van der Waals surface area contributed by atoms with Gasteiger partial charge in [0, 0.05) is 50.9 Å². The molecule has 2 fully saturated rings. The number of hydrogen-bond acceptors (Lipinski definition) is 4. The zero-order chi connectivity index (χ0) is 28.1. The Labute approximate surface area is 244 Å². The van der Waals surface area contributed by atoms with Gasteiger partial charge in [-0.2, -0.15) is 0 Å². The van der Waals surface area contributed by atoms with Gasteiger partial charge in [0.1, 0.15) is 6.10 Å². The van der Waals surface area contributed by atoms with Crippen LogP contribution in [0.15, 0.2) is 60.7 Å². The van der Waals surface area contributed by atoms with Gasteiger partial charge in [-0.05, 0) is 61.1 Å². The van der Waals surface area contributed by atoms with Crippen LogP contribution in [-0.2, 0) is 13.1 Å². The monoisotopic (exact) mass is 587 g/mol. The van der Waals surface area contributed by atoms with E-state index >= 15 is 0 Å². The molecule has 0 radical (unpaired) electrons. The number of ether oxygens (including phenoxy) is 1. The number of amides is 1. The fourth-order valence-electron chi connectivity index (χ4n) is 5.40. The Morgan fingerprint density at radius 3 is 2.02 bits per heavy atom. The molecule has 9 heteroatoms. The SMILES string of the molecule is O=C(NC1CCN(Cc2ccccc2)CC1)c1cc(Cl)c(OC2CCN(Cc3ccc(F)c(F)c3)CC2)c(Cl)c1. The number of rotatable bonds is 8. The maximum absolute atomic E-state index is 13.5. The van der Waals surface area contributed by atoms with E-state index in [1.165, 1.54) is 11.6 Å². The number of carbonyl (C=O) groups excluding carboxylic acids is 1. The molecule has 0 bridgehead atoms. The molecule has 0 atom stereocenters. The van der Waals surface area contributed by atoms with Crippen molar-refractivity contribution in [2.75, 3.05) is 26.2 Å². The number of halogens is 4. The summed E-state index contributed by atoms with van der Waals surface area (Å²) in [5, 5.41) is 3.74. The maximum Gasteiger partial charge on any atom is 0.251 e. The Hall–Kier alpha value is -2.71. The molecule has 212 valence electrons. The summed E-state index contributed by atoms with van der Waals surface area (Å²) in [6, 6.07) is 17.7. The van der Waals surface area contributed by atoms with E-state index in [1.54, 1.807) is 18.2 Å². The Bertz CT molecular complexity index is 1290. The Morgan fingerprint density at radius 2 is 1.40 bits per heavy atom. The third-order valence-corrected chi connectivity index (χ3v) is 8.20. The number of carbonyl (C=O) groups is 1. The van der Waals surface area contributed by atoms with Gasteiger partial charge in [-0.25, -0.2) is 8.78 Å². The molecular weight excluding hydrogens is 555 g/mol. The van der Waals surface area contributed by atoms with E-state index in [1.807, 2.05) is 6.07 Å². The molecule has 0 saturated carbocycles. The lowest BCUT2D eigenvalue weighted by atomic mass is 10.0. The second-order valence-corrected chi connectivity index (χ2v) is 11.4. The van der Waals surface area contributed by atoms with Gasteiger partial charge in [0.05, 0.1) is 10.0 Å². The van der Waals surface area contributed by atoms with Crippen LogP contribution in [0, 0.1) is 11.6 Å². The van der Waals surface area contributed by atoms with Crippen molar-refractivity contribution in [3.8, 4) is 5.75 Å². The first-order valence-electron chi connectivity index (χ1n) is 13.7. The van der Waals surface area contributed by atoms with Crippen LogP contribution in [0.2, 0.25) is 10.0 Å². The minimum Gasteiger partial charge on any atom is -0.487 e. The fourth-order valence-corrected chi connectivity index (χ4v) is 5.97. The van der Waals surface area contributed by atoms with Gasteiger partial charge < -0.3 is 10.1 Å². The van der Waals surface area contributed by atoms with E-state index in [0.717, 1.165) is 70.0 Å². The molecule has 0 spiro atoms. The summed E-state index contributed by atoms with van der Waals surface area (Å²) >= 11 is 13.1. The quantitative estimate of drug-likeness (QED) is 0.318. The minimum atomic E-state index is -0.840. The molecule has 1 amide bonds. The van der Waals surface area contributed by atoms with Gasteiger partial charge in [0.2, 0.25) is 0 Å². The molecule has 3 aromatic rings. The number of likely N-dealkylation sites (tertiary alicyclic amines) is 2. The average molecular weight is 589 g/mol. The number of hydrogen-bond donors (Lipinski definition) is 1. The van der Waals surface area contributed by atoms with Crippen molar-refractivity contribution in [3.63, 3.8) is 0 Å². The van der Waals surface area contributed by atoms with Gasteiger partial charge in [-0.1, -0.05) is 59.6 Å². The lowest BCUT2D eigenvalue weighted by molar-refractivity contribution is 0.0908. The summed E-state index contributed by atoms with van der Waals surface area (Å²) in [7, 11) is 0. The molecular formula is C31H33Cl2F2N3O2. The number of piperidine rings is 2. The predicted octanol–water partition coefficient (Wildman–Crippen LogP) is 6.71. The first-order chi connectivity index (χ1) is 19.3. The van der Waals surface area contributed by atoms with Crippen LogP contribution in [0.25, 0.3) is 0 Å². The second-order valence-electron chi connectivity index (χ2n) is 10.6. The molecule has 0 aromatic heterocycles. The van der Waals surface area contributed by atoms with Gasteiger partial charge in [0.25, 0.3) is 5.91 Å². The first-order valence-corrected chi connectivity index (χ1v) is 14.5. The van der Waals surface area contributed by atoms with E-state index in [2.05, 4.69) is 39.4 Å². The molecule has 2 saturated heterocycles. The smallest absolute Gasteiger partial charge is 0.251 e. The summed E-state index contributed by atoms with van der Waals surface area (Å²) in [5.74, 6) is -1.48. The molecule has 0 unspecified atom stereocenters. The highest BCUT2D eigenvalue weighted by Gasteiger charge is 2.25. The summed E-state index contributed by atoms with van der Waals surface area (Å²) in [6.45, 7) is 4.79. The zero-order valence-corrected chi connectivity index (χ0v) is 23.7. The van der Waals surface area contributed by atoms with Gasteiger partial charge in [-0.3, -0.25) is 14.6 Å². The molecule has 0 aliphatic carbocycles. The Kier molecular flexibility index (Phi) is 9.58. The van der Waals surface area contributed by atoms with Crippen LogP contribution < -0.4 is 10.1 Å². The number of benzene rings is 3. The maximum atomic E-state index is 13.5. The van der Waals surface area contributed by atoms with E-state index in [-0.39, 0.29) is 18.1 Å². The van der Waals surface area contributed by atoms with Crippen LogP contribution in [0.4, 0.5) is 8.78 Å². The highest BCUT2D eigenvalue weighted by molar-refractivity contribution is 6.37. The average Bonchev–Trinajstić information content (AvgIpc) is 2.95. The van der Waals surface area contributed by atoms with E-state index in [4.69, 9.17) is 27.9 Å². The van der Waals surface area contributed by atoms with Crippen molar-refractivity contribution >= 4 is 29.1 Å². The normalized spacial score (nSPS) is 17.6. The minimum absolute atomic E-state index is 0.0862. The van der Waals surface area contributed by atoms with Crippen LogP contribution in [-0.4, -0.2) is 54.0 Å². The third kappa shape index (κ3) is 7.52. The number of nitrogens with one attached hydrogen (secondary N) is 1. The van der Waals surface area contributed by atoms with Crippen molar-refractivity contribution in [2.45, 2.75) is 50.9 Å². The van der Waals surface area contributed by atoms with Crippen LogP contribution >= 0.6 is 23.2 Å². The lowest BCUT2D eigenvalue weighted by Crippen LogP contribution is -2.44. The fraction of sp³-hybridized carbons (Fsp3) is 0.387. The Morgan fingerprint density at radius 1 is 0.800 bits per heavy atom. The molecule has 2 aliphatic heterocycles. The molecule has 1 N–H and O–H groups in total. The summed E-state index contributed by atoms with van der Waals surface area (Å²) in [6.07, 6.45) is 3.16. The highest BCUT2D eigenvalue weighted by atomic mass is 35.5. The second kappa shape index (κ2) is 13.3. The number of nitrogens with zero attached hydrogens (tertiary/aromatic N) is 2. The van der Waals surface area contributed by atoms with Gasteiger partial charge in [-0.15, -0.1) is 0 Å². The van der Waals surface area contributed by atoms with Crippen LogP contribution in [0.5, 0.6) is 5.75 Å². The molecule has 5 nitrogen and oxygen atoms in total.